The molecule has 5 nitrogen and oxygen atoms in total. The molecular weight excluding hydrogens is 364 g/mol. The Kier molecular flexibility index (Phi) is 4.38. The fourth-order valence-electron chi connectivity index (χ4n) is 4.67. The van der Waals surface area contributed by atoms with E-state index < -0.39 is 0 Å². The van der Waals surface area contributed by atoms with Crippen molar-refractivity contribution in [3.8, 4) is 11.5 Å². The maximum atomic E-state index is 13.7. The van der Waals surface area contributed by atoms with E-state index in [1.165, 1.54) is 5.56 Å². The molecule has 29 heavy (non-hydrogen) atoms. The molecule has 0 radical (unpaired) electrons. The first-order chi connectivity index (χ1) is 14.2. The second-order valence-corrected chi connectivity index (χ2v) is 7.74. The van der Waals surface area contributed by atoms with Crippen LogP contribution < -0.4 is 9.47 Å². The van der Waals surface area contributed by atoms with Gasteiger partial charge in [-0.2, -0.15) is 0 Å². The molecule has 148 valence electrons. The largest absolute Gasteiger partial charge is 0.493 e. The molecule has 0 N–H and O–H groups in total. The number of ether oxygens (including phenoxy) is 2. The molecule has 0 fully saturated rings. The van der Waals surface area contributed by atoms with E-state index in [0.29, 0.717) is 18.8 Å². The molecule has 0 bridgehead atoms. The van der Waals surface area contributed by atoms with E-state index in [2.05, 4.69) is 0 Å². The summed E-state index contributed by atoms with van der Waals surface area (Å²) in [6.45, 7) is 1.28. The SMILES string of the molecule is COc1cc2c(cc1OC)CN(C(=O)c1c3c(nc4ccccc14)CCC3)CC2. The Morgan fingerprint density at radius 2 is 1.76 bits per heavy atom. The van der Waals surface area contributed by atoms with Crippen LogP contribution in [0.15, 0.2) is 36.4 Å². The standard InChI is InChI=1S/C24H24N2O3/c1-28-21-12-15-10-11-26(14-16(15)13-22(21)29-2)24(27)23-17-6-3-4-8-19(17)25-20-9-5-7-18(20)23/h3-4,6,8,12-13H,5,7,9-11,14H2,1-2H3. The van der Waals surface area contributed by atoms with Gasteiger partial charge in [0.05, 0.1) is 25.3 Å². The molecule has 1 aliphatic heterocycles. The normalized spacial score (nSPS) is 15.2. The van der Waals surface area contributed by atoms with Crippen molar-refractivity contribution in [1.82, 2.24) is 9.88 Å². The van der Waals surface area contributed by atoms with Crippen LogP contribution in [0.1, 0.15) is 39.2 Å². The van der Waals surface area contributed by atoms with E-state index in [1.54, 1.807) is 14.2 Å². The number of hydrogen-bond donors (Lipinski definition) is 0. The third-order valence-electron chi connectivity index (χ3n) is 6.14. The average Bonchev–Trinajstić information content (AvgIpc) is 3.23. The molecule has 0 saturated carbocycles. The summed E-state index contributed by atoms with van der Waals surface area (Å²) in [5, 5.41) is 0.969. The van der Waals surface area contributed by atoms with Crippen LogP contribution >= 0.6 is 0 Å². The number of benzene rings is 2. The van der Waals surface area contributed by atoms with Gasteiger partial charge in [0.15, 0.2) is 11.5 Å². The third kappa shape index (κ3) is 2.92. The molecule has 0 atom stereocenters. The molecule has 2 heterocycles. The summed E-state index contributed by atoms with van der Waals surface area (Å²) in [6.07, 6.45) is 3.77. The maximum absolute atomic E-state index is 13.7. The topological polar surface area (TPSA) is 51.7 Å². The van der Waals surface area contributed by atoms with Crippen LogP contribution in [-0.2, 0) is 25.8 Å². The van der Waals surface area contributed by atoms with Crippen molar-refractivity contribution < 1.29 is 14.3 Å². The lowest BCUT2D eigenvalue weighted by atomic mass is 9.96. The van der Waals surface area contributed by atoms with Gasteiger partial charge in [-0.25, -0.2) is 0 Å². The van der Waals surface area contributed by atoms with Gasteiger partial charge in [0, 0.05) is 24.2 Å². The highest BCUT2D eigenvalue weighted by Gasteiger charge is 2.29. The lowest BCUT2D eigenvalue weighted by molar-refractivity contribution is 0.0735. The van der Waals surface area contributed by atoms with Crippen LogP contribution in [0, 0.1) is 0 Å². The summed E-state index contributed by atoms with van der Waals surface area (Å²) in [7, 11) is 3.29. The van der Waals surface area contributed by atoms with Crippen molar-refractivity contribution in [2.75, 3.05) is 20.8 Å². The third-order valence-corrected chi connectivity index (χ3v) is 6.14. The number of carbonyl (C=O) groups excluding carboxylic acids is 1. The molecule has 0 unspecified atom stereocenters. The van der Waals surface area contributed by atoms with Gasteiger partial charge in [0.1, 0.15) is 0 Å². The first kappa shape index (κ1) is 18.0. The van der Waals surface area contributed by atoms with Crippen LogP contribution in [0.4, 0.5) is 0 Å². The van der Waals surface area contributed by atoms with E-state index in [-0.39, 0.29) is 5.91 Å². The summed E-state index contributed by atoms with van der Waals surface area (Å²) in [5.74, 6) is 1.56. The number of rotatable bonds is 3. The zero-order chi connectivity index (χ0) is 20.0. The molecular formula is C24H24N2O3. The maximum Gasteiger partial charge on any atom is 0.255 e. The van der Waals surface area contributed by atoms with Gasteiger partial charge in [-0.1, -0.05) is 18.2 Å². The number of amides is 1. The van der Waals surface area contributed by atoms with Crippen molar-refractivity contribution in [2.45, 2.75) is 32.2 Å². The molecule has 2 aromatic carbocycles. The minimum atomic E-state index is 0.113. The number of methoxy groups -OCH3 is 2. The monoisotopic (exact) mass is 388 g/mol. The molecule has 5 rings (SSSR count). The lowest BCUT2D eigenvalue weighted by Gasteiger charge is -2.30. The van der Waals surface area contributed by atoms with E-state index in [0.717, 1.165) is 64.7 Å². The molecule has 5 heteroatoms. The van der Waals surface area contributed by atoms with Crippen molar-refractivity contribution in [1.29, 1.82) is 0 Å². The minimum Gasteiger partial charge on any atom is -0.493 e. The van der Waals surface area contributed by atoms with Gasteiger partial charge in [-0.05, 0) is 60.6 Å². The Balaban J connectivity index is 1.55. The molecule has 1 aliphatic carbocycles. The van der Waals surface area contributed by atoms with E-state index in [9.17, 15) is 4.79 Å². The Labute approximate surface area is 170 Å². The molecule has 0 saturated heterocycles. The quantitative estimate of drug-likeness (QED) is 0.682. The van der Waals surface area contributed by atoms with E-state index in [1.807, 2.05) is 41.3 Å². The van der Waals surface area contributed by atoms with Crippen LogP contribution in [-0.4, -0.2) is 36.6 Å². The fourth-order valence-corrected chi connectivity index (χ4v) is 4.67. The van der Waals surface area contributed by atoms with Gasteiger partial charge in [0.25, 0.3) is 5.91 Å². The number of aromatic nitrogens is 1. The highest BCUT2D eigenvalue weighted by molar-refractivity contribution is 6.07. The number of hydrogen-bond acceptors (Lipinski definition) is 4. The molecule has 0 spiro atoms. The Bertz CT molecular complexity index is 1120. The van der Waals surface area contributed by atoms with Crippen LogP contribution in [0.3, 0.4) is 0 Å². The highest BCUT2D eigenvalue weighted by atomic mass is 16.5. The number of para-hydroxylation sites is 1. The summed E-state index contributed by atoms with van der Waals surface area (Å²) in [6, 6.07) is 12.1. The number of nitrogens with zero attached hydrogens (tertiary/aromatic N) is 2. The van der Waals surface area contributed by atoms with Crippen molar-refractivity contribution in [3.63, 3.8) is 0 Å². The second-order valence-electron chi connectivity index (χ2n) is 7.74. The predicted octanol–water partition coefficient (Wildman–Crippen LogP) is 3.94. The molecule has 3 aromatic rings. The number of aryl methyl sites for hydroxylation is 1. The van der Waals surface area contributed by atoms with Crippen LogP contribution in [0.2, 0.25) is 0 Å². The van der Waals surface area contributed by atoms with E-state index in [4.69, 9.17) is 14.5 Å². The van der Waals surface area contributed by atoms with Gasteiger partial charge in [0.2, 0.25) is 0 Å². The smallest absolute Gasteiger partial charge is 0.255 e. The van der Waals surface area contributed by atoms with Crippen LogP contribution in [0.5, 0.6) is 11.5 Å². The molecule has 1 amide bonds. The Morgan fingerprint density at radius 3 is 2.55 bits per heavy atom. The summed E-state index contributed by atoms with van der Waals surface area (Å²) < 4.78 is 10.9. The summed E-state index contributed by atoms with van der Waals surface area (Å²) in [4.78, 5) is 20.5. The number of fused-ring (bicyclic) bond motifs is 3. The second kappa shape index (κ2) is 7.07. The Hall–Kier alpha value is -3.08. The van der Waals surface area contributed by atoms with Gasteiger partial charge >= 0.3 is 0 Å². The average molecular weight is 388 g/mol. The first-order valence-electron chi connectivity index (χ1n) is 10.1. The zero-order valence-electron chi connectivity index (χ0n) is 16.8. The van der Waals surface area contributed by atoms with Crippen molar-refractivity contribution in [3.05, 3.63) is 64.3 Å². The number of carbonyl (C=O) groups is 1. The molecule has 1 aromatic heterocycles. The fraction of sp³-hybridized carbons (Fsp3) is 0.333. The van der Waals surface area contributed by atoms with Gasteiger partial charge in [-0.3, -0.25) is 9.78 Å². The Morgan fingerprint density at radius 1 is 1.00 bits per heavy atom. The van der Waals surface area contributed by atoms with Gasteiger partial charge in [-0.15, -0.1) is 0 Å². The molecule has 2 aliphatic rings. The lowest BCUT2D eigenvalue weighted by Crippen LogP contribution is -2.36. The van der Waals surface area contributed by atoms with Crippen molar-refractivity contribution >= 4 is 16.8 Å². The van der Waals surface area contributed by atoms with E-state index >= 15 is 0 Å². The summed E-state index contributed by atoms with van der Waals surface area (Å²) in [5.41, 5.74) is 6.35. The number of pyridine rings is 1. The summed E-state index contributed by atoms with van der Waals surface area (Å²) >= 11 is 0. The first-order valence-corrected chi connectivity index (χ1v) is 10.1. The predicted molar refractivity (Wildman–Crippen MR) is 112 cm³/mol. The van der Waals surface area contributed by atoms with Gasteiger partial charge < -0.3 is 14.4 Å². The van der Waals surface area contributed by atoms with Crippen LogP contribution in [0.25, 0.3) is 10.9 Å². The minimum absolute atomic E-state index is 0.113. The van der Waals surface area contributed by atoms with Crippen molar-refractivity contribution in [2.24, 2.45) is 0 Å². The zero-order valence-corrected chi connectivity index (χ0v) is 16.8. The highest BCUT2D eigenvalue weighted by Crippen LogP contribution is 2.35.